The summed E-state index contributed by atoms with van der Waals surface area (Å²) in [6.07, 6.45) is 3.96. The molecule has 0 bridgehead atoms. The molecule has 1 aliphatic rings. The van der Waals surface area contributed by atoms with Crippen molar-refractivity contribution in [1.29, 1.82) is 0 Å². The molecule has 0 spiro atoms. The lowest BCUT2D eigenvalue weighted by atomic mass is 9.97. The van der Waals surface area contributed by atoms with E-state index >= 15 is 0 Å². The molecular weight excluding hydrogens is 559 g/mol. The van der Waals surface area contributed by atoms with Crippen LogP contribution in [0.25, 0.3) is 15.9 Å². The third-order valence-electron chi connectivity index (χ3n) is 6.46. The Hall–Kier alpha value is -3.48. The summed E-state index contributed by atoms with van der Waals surface area (Å²) in [7, 11) is 2.47. The first-order chi connectivity index (χ1) is 18.8. The first kappa shape index (κ1) is 27.1. The number of para-hydroxylation sites is 1. The predicted molar refractivity (Wildman–Crippen MR) is 153 cm³/mol. The van der Waals surface area contributed by atoms with Crippen molar-refractivity contribution >= 4 is 67.5 Å². The quantitative estimate of drug-likeness (QED) is 0.184. The lowest BCUT2D eigenvalue weighted by molar-refractivity contribution is -0.113. The van der Waals surface area contributed by atoms with Crippen LogP contribution >= 0.6 is 34.4 Å². The number of esters is 2. The van der Waals surface area contributed by atoms with E-state index < -0.39 is 17.8 Å². The number of fused-ring (bicyclic) bond motifs is 3. The Morgan fingerprint density at radius 3 is 2.49 bits per heavy atom. The molecule has 1 aliphatic carbocycles. The maximum atomic E-state index is 13.8. The van der Waals surface area contributed by atoms with Crippen molar-refractivity contribution in [3.8, 4) is 5.69 Å². The average Bonchev–Trinajstić information content (AvgIpc) is 3.48. The van der Waals surface area contributed by atoms with Gasteiger partial charge in [-0.1, -0.05) is 30.0 Å². The second kappa shape index (κ2) is 11.3. The molecule has 12 heteroatoms. The van der Waals surface area contributed by atoms with E-state index in [9.17, 15) is 19.2 Å². The van der Waals surface area contributed by atoms with Crippen molar-refractivity contribution < 1.29 is 23.9 Å². The van der Waals surface area contributed by atoms with Crippen molar-refractivity contribution in [2.24, 2.45) is 0 Å². The summed E-state index contributed by atoms with van der Waals surface area (Å²) in [5.74, 6) is -1.79. The first-order valence-corrected chi connectivity index (χ1v) is 14.8. The Bertz CT molecular complexity index is 1650. The highest BCUT2D eigenvalue weighted by Gasteiger charge is 2.27. The summed E-state index contributed by atoms with van der Waals surface area (Å²) in [6, 6.07) is 9.25. The number of nitrogens with one attached hydrogen (secondary N) is 1. The van der Waals surface area contributed by atoms with E-state index in [1.807, 2.05) is 30.3 Å². The van der Waals surface area contributed by atoms with Gasteiger partial charge in [-0.15, -0.1) is 22.7 Å². The molecule has 0 fully saturated rings. The monoisotopic (exact) mass is 583 g/mol. The van der Waals surface area contributed by atoms with Crippen molar-refractivity contribution in [3.05, 3.63) is 67.1 Å². The highest BCUT2D eigenvalue weighted by Crippen LogP contribution is 2.36. The first-order valence-electron chi connectivity index (χ1n) is 12.2. The molecule has 3 aromatic heterocycles. The Labute approximate surface area is 236 Å². The fraction of sp³-hybridized carbons (Fsp3) is 0.296. The number of carbonyl (C=O) groups excluding carboxylic acids is 3. The van der Waals surface area contributed by atoms with E-state index in [-0.39, 0.29) is 26.8 Å². The Balaban J connectivity index is 1.48. The normalized spacial score (nSPS) is 12.7. The number of amides is 1. The molecule has 0 unspecified atom stereocenters. The van der Waals surface area contributed by atoms with Crippen LogP contribution in [0.3, 0.4) is 0 Å². The topological polar surface area (TPSA) is 117 Å². The van der Waals surface area contributed by atoms with E-state index in [0.29, 0.717) is 26.6 Å². The summed E-state index contributed by atoms with van der Waals surface area (Å²) in [4.78, 5) is 58.4. The van der Waals surface area contributed by atoms with Crippen LogP contribution in [-0.2, 0) is 27.1 Å². The third-order valence-corrected chi connectivity index (χ3v) is 9.78. The van der Waals surface area contributed by atoms with Crippen LogP contribution in [0.2, 0.25) is 0 Å². The smallest absolute Gasteiger partial charge is 0.348 e. The molecule has 1 amide bonds. The number of benzene rings is 1. The van der Waals surface area contributed by atoms with Crippen LogP contribution in [0.15, 0.2) is 40.3 Å². The zero-order valence-corrected chi connectivity index (χ0v) is 23.9. The van der Waals surface area contributed by atoms with Crippen LogP contribution in [0.5, 0.6) is 0 Å². The zero-order valence-electron chi connectivity index (χ0n) is 21.5. The average molecular weight is 584 g/mol. The molecule has 3 heterocycles. The molecule has 1 aromatic carbocycles. The predicted octanol–water partition coefficient (Wildman–Crippen LogP) is 5.00. The van der Waals surface area contributed by atoms with Gasteiger partial charge in [-0.3, -0.25) is 14.2 Å². The Morgan fingerprint density at radius 1 is 1.05 bits per heavy atom. The van der Waals surface area contributed by atoms with Crippen LogP contribution in [0.4, 0.5) is 5.00 Å². The molecule has 0 aliphatic heterocycles. The summed E-state index contributed by atoms with van der Waals surface area (Å²) < 4.78 is 11.2. The van der Waals surface area contributed by atoms with Gasteiger partial charge in [-0.05, 0) is 55.9 Å². The standard InChI is InChI=1S/C27H25N3O6S3/c1-14-19(25(33)35-2)22(39-21(14)26(34)36-3)28-18(31)13-37-27-29-23-20(16-11-7-8-12-17(16)38-23)24(32)30(27)15-9-5-4-6-10-15/h4-6,9-10H,7-8,11-13H2,1-3H3,(H,28,31). The summed E-state index contributed by atoms with van der Waals surface area (Å²) in [6.45, 7) is 1.59. The number of anilines is 1. The van der Waals surface area contributed by atoms with Crippen LogP contribution in [0, 0.1) is 6.92 Å². The van der Waals surface area contributed by atoms with Crippen LogP contribution < -0.4 is 10.9 Å². The summed E-state index contributed by atoms with van der Waals surface area (Å²) in [5, 5.41) is 3.99. The number of thioether (sulfide) groups is 1. The molecule has 39 heavy (non-hydrogen) atoms. The van der Waals surface area contributed by atoms with Gasteiger partial charge < -0.3 is 14.8 Å². The zero-order chi connectivity index (χ0) is 27.7. The number of hydrogen-bond donors (Lipinski definition) is 1. The van der Waals surface area contributed by atoms with Gasteiger partial charge >= 0.3 is 11.9 Å². The number of ether oxygens (including phenoxy) is 2. The van der Waals surface area contributed by atoms with E-state index in [0.717, 1.165) is 54.3 Å². The number of rotatable bonds is 7. The molecule has 4 aromatic rings. The van der Waals surface area contributed by atoms with E-state index in [4.69, 9.17) is 14.5 Å². The van der Waals surface area contributed by atoms with Crippen LogP contribution in [-0.4, -0.2) is 47.4 Å². The van der Waals surface area contributed by atoms with E-state index in [1.54, 1.807) is 22.8 Å². The summed E-state index contributed by atoms with van der Waals surface area (Å²) in [5.41, 5.74) is 2.10. The number of methoxy groups -OCH3 is 2. The second-order valence-corrected chi connectivity index (χ2v) is 11.9. The molecular formula is C27H25N3O6S3. The largest absolute Gasteiger partial charge is 0.465 e. The number of aromatic nitrogens is 2. The van der Waals surface area contributed by atoms with E-state index in [1.165, 1.54) is 19.1 Å². The van der Waals surface area contributed by atoms with Crippen molar-refractivity contribution in [3.63, 3.8) is 0 Å². The van der Waals surface area contributed by atoms with Gasteiger partial charge in [0, 0.05) is 4.88 Å². The van der Waals surface area contributed by atoms with Gasteiger partial charge in [0.15, 0.2) is 5.16 Å². The number of aryl methyl sites for hydroxylation is 2. The Morgan fingerprint density at radius 2 is 1.77 bits per heavy atom. The maximum Gasteiger partial charge on any atom is 0.348 e. The van der Waals surface area contributed by atoms with Crippen LogP contribution in [0.1, 0.15) is 48.9 Å². The molecule has 0 radical (unpaired) electrons. The number of carbonyl (C=O) groups is 3. The molecule has 0 saturated carbocycles. The van der Waals surface area contributed by atoms with Gasteiger partial charge in [-0.2, -0.15) is 0 Å². The van der Waals surface area contributed by atoms with Gasteiger partial charge in [0.2, 0.25) is 5.91 Å². The minimum Gasteiger partial charge on any atom is -0.465 e. The minimum atomic E-state index is -0.673. The maximum absolute atomic E-state index is 13.8. The Kier molecular flexibility index (Phi) is 7.87. The molecule has 9 nitrogen and oxygen atoms in total. The molecule has 202 valence electrons. The van der Waals surface area contributed by atoms with Crippen molar-refractivity contribution in [2.75, 3.05) is 25.3 Å². The van der Waals surface area contributed by atoms with Gasteiger partial charge in [0.25, 0.3) is 5.56 Å². The number of nitrogens with zero attached hydrogens (tertiary/aromatic N) is 2. The fourth-order valence-corrected chi connectivity index (χ4v) is 7.86. The molecule has 5 rings (SSSR count). The van der Waals surface area contributed by atoms with Gasteiger partial charge in [0.05, 0.1) is 36.6 Å². The highest BCUT2D eigenvalue weighted by molar-refractivity contribution is 7.99. The lowest BCUT2D eigenvalue weighted by Gasteiger charge is -2.13. The molecule has 0 atom stereocenters. The fourth-order valence-electron chi connectivity index (χ4n) is 4.62. The third kappa shape index (κ3) is 5.11. The lowest BCUT2D eigenvalue weighted by Crippen LogP contribution is -2.23. The van der Waals surface area contributed by atoms with E-state index in [2.05, 4.69) is 5.32 Å². The molecule has 1 N–H and O–H groups in total. The SMILES string of the molecule is COC(=O)c1sc(NC(=O)CSc2nc3sc4c(c3c(=O)n2-c2ccccc2)CCCC4)c(C(=O)OC)c1C. The minimum absolute atomic E-state index is 0.0824. The number of thiophene rings is 2. The molecule has 0 saturated heterocycles. The second-order valence-electron chi connectivity index (χ2n) is 8.84. The summed E-state index contributed by atoms with van der Waals surface area (Å²) >= 11 is 3.63. The van der Waals surface area contributed by atoms with Crippen molar-refractivity contribution in [1.82, 2.24) is 9.55 Å². The number of hydrogen-bond acceptors (Lipinski definition) is 10. The van der Waals surface area contributed by atoms with Crippen molar-refractivity contribution in [2.45, 2.75) is 37.8 Å². The highest BCUT2D eigenvalue weighted by atomic mass is 32.2. The van der Waals surface area contributed by atoms with Gasteiger partial charge in [-0.25, -0.2) is 14.6 Å². The van der Waals surface area contributed by atoms with Gasteiger partial charge in [0.1, 0.15) is 14.7 Å².